The van der Waals surface area contributed by atoms with E-state index in [0.717, 1.165) is 17.5 Å². The maximum atomic E-state index is 13.2. The van der Waals surface area contributed by atoms with Gasteiger partial charge >= 0.3 is 0 Å². The summed E-state index contributed by atoms with van der Waals surface area (Å²) in [5, 5.41) is 11.2. The van der Waals surface area contributed by atoms with Gasteiger partial charge in [0.25, 0.3) is 11.7 Å². The molecule has 1 aliphatic heterocycles. The SMILES string of the molecule is CCOc1cccc(C2/C(=C(/O)c3ccc(CC)cc3)C(=O)C(=O)N2c2ccc(C)cc2)c1. The summed E-state index contributed by atoms with van der Waals surface area (Å²) in [6.07, 6.45) is 0.864. The first kappa shape index (κ1) is 22.3. The Morgan fingerprint density at radius 3 is 2.30 bits per heavy atom. The number of aliphatic hydroxyl groups is 1. The zero-order chi connectivity index (χ0) is 23.5. The zero-order valence-electron chi connectivity index (χ0n) is 19.0. The quantitative estimate of drug-likeness (QED) is 0.308. The molecule has 0 bridgehead atoms. The van der Waals surface area contributed by atoms with Crippen molar-refractivity contribution in [1.82, 2.24) is 0 Å². The summed E-state index contributed by atoms with van der Waals surface area (Å²) < 4.78 is 5.66. The molecule has 1 heterocycles. The number of anilines is 1. The predicted molar refractivity (Wildman–Crippen MR) is 129 cm³/mol. The van der Waals surface area contributed by atoms with Gasteiger partial charge in [0, 0.05) is 11.3 Å². The van der Waals surface area contributed by atoms with E-state index in [0.29, 0.717) is 29.2 Å². The van der Waals surface area contributed by atoms with Crippen LogP contribution in [0.1, 0.15) is 42.1 Å². The van der Waals surface area contributed by atoms with E-state index in [1.165, 1.54) is 4.90 Å². The first-order valence-electron chi connectivity index (χ1n) is 11.1. The monoisotopic (exact) mass is 441 g/mol. The molecule has 168 valence electrons. The molecule has 0 radical (unpaired) electrons. The number of benzene rings is 3. The number of carbonyl (C=O) groups is 2. The average Bonchev–Trinajstić information content (AvgIpc) is 3.10. The summed E-state index contributed by atoms with van der Waals surface area (Å²) in [5.74, 6) is -0.925. The topological polar surface area (TPSA) is 66.8 Å². The van der Waals surface area contributed by atoms with Crippen LogP contribution in [0.5, 0.6) is 5.75 Å². The number of carbonyl (C=O) groups excluding carboxylic acids is 2. The fraction of sp³-hybridized carbons (Fsp3) is 0.214. The van der Waals surface area contributed by atoms with E-state index in [-0.39, 0.29) is 11.3 Å². The van der Waals surface area contributed by atoms with Crippen molar-refractivity contribution in [3.8, 4) is 5.75 Å². The summed E-state index contributed by atoms with van der Waals surface area (Å²) >= 11 is 0. The molecule has 3 aromatic rings. The largest absolute Gasteiger partial charge is 0.507 e. The summed E-state index contributed by atoms with van der Waals surface area (Å²) in [6.45, 7) is 6.39. The van der Waals surface area contributed by atoms with Crippen LogP contribution in [0, 0.1) is 6.92 Å². The smallest absolute Gasteiger partial charge is 0.300 e. The number of aliphatic hydroxyl groups excluding tert-OH is 1. The lowest BCUT2D eigenvalue weighted by Crippen LogP contribution is -2.29. The number of ketones is 1. The Morgan fingerprint density at radius 2 is 1.67 bits per heavy atom. The molecule has 4 rings (SSSR count). The van der Waals surface area contributed by atoms with Gasteiger partial charge in [0.1, 0.15) is 11.5 Å². The van der Waals surface area contributed by atoms with Gasteiger partial charge in [-0.3, -0.25) is 14.5 Å². The summed E-state index contributed by atoms with van der Waals surface area (Å²) in [5.41, 5.74) is 4.01. The second-order valence-electron chi connectivity index (χ2n) is 8.06. The lowest BCUT2D eigenvalue weighted by molar-refractivity contribution is -0.132. The maximum absolute atomic E-state index is 13.2. The molecule has 1 fully saturated rings. The molecule has 0 saturated carbocycles. The molecule has 0 aliphatic carbocycles. The highest BCUT2D eigenvalue weighted by Gasteiger charge is 2.47. The van der Waals surface area contributed by atoms with E-state index < -0.39 is 17.7 Å². The third-order valence-corrected chi connectivity index (χ3v) is 5.88. The van der Waals surface area contributed by atoms with E-state index in [9.17, 15) is 14.7 Å². The third kappa shape index (κ3) is 4.27. The summed E-state index contributed by atoms with van der Waals surface area (Å²) in [6, 6.07) is 21.3. The summed E-state index contributed by atoms with van der Waals surface area (Å²) in [7, 11) is 0. The highest BCUT2D eigenvalue weighted by molar-refractivity contribution is 6.51. The van der Waals surface area contributed by atoms with Gasteiger partial charge in [0.2, 0.25) is 0 Å². The third-order valence-electron chi connectivity index (χ3n) is 5.88. The highest BCUT2D eigenvalue weighted by atomic mass is 16.5. The Bertz CT molecular complexity index is 1210. The van der Waals surface area contributed by atoms with Gasteiger partial charge in [0.15, 0.2) is 0 Å². The van der Waals surface area contributed by atoms with Crippen LogP contribution < -0.4 is 9.64 Å². The molecule has 1 unspecified atom stereocenters. The van der Waals surface area contributed by atoms with Crippen LogP contribution in [0.2, 0.25) is 0 Å². The number of rotatable bonds is 6. The lowest BCUT2D eigenvalue weighted by Gasteiger charge is -2.26. The van der Waals surface area contributed by atoms with Gasteiger partial charge in [0.05, 0.1) is 18.2 Å². The standard InChI is InChI=1S/C28H27NO4/c1-4-19-11-13-20(14-12-19)26(30)24-25(21-7-6-8-23(17-21)33-5-2)29(28(32)27(24)31)22-15-9-18(3)10-16-22/h6-17,25,30H,4-5H2,1-3H3/b26-24-. The number of Topliss-reactive ketones (excluding diaryl/α,β-unsaturated/α-hetero) is 1. The Kier molecular flexibility index (Phi) is 6.31. The fourth-order valence-corrected chi connectivity index (χ4v) is 4.11. The van der Waals surface area contributed by atoms with Crippen LogP contribution in [0.15, 0.2) is 78.4 Å². The molecule has 1 aliphatic rings. The van der Waals surface area contributed by atoms with Crippen molar-refractivity contribution < 1.29 is 19.4 Å². The van der Waals surface area contributed by atoms with Crippen molar-refractivity contribution in [3.63, 3.8) is 0 Å². The second-order valence-corrected chi connectivity index (χ2v) is 8.06. The van der Waals surface area contributed by atoms with Gasteiger partial charge < -0.3 is 9.84 Å². The lowest BCUT2D eigenvalue weighted by atomic mass is 9.94. The molecular formula is C28H27NO4. The molecule has 1 amide bonds. The van der Waals surface area contributed by atoms with Gasteiger partial charge in [-0.2, -0.15) is 0 Å². The van der Waals surface area contributed by atoms with E-state index in [4.69, 9.17) is 4.74 Å². The number of amides is 1. The molecule has 1 atom stereocenters. The van der Waals surface area contributed by atoms with E-state index >= 15 is 0 Å². The van der Waals surface area contributed by atoms with Gasteiger partial charge in [-0.15, -0.1) is 0 Å². The molecule has 0 spiro atoms. The van der Waals surface area contributed by atoms with Crippen LogP contribution in [-0.4, -0.2) is 23.4 Å². The predicted octanol–water partition coefficient (Wildman–Crippen LogP) is 5.58. The number of ether oxygens (including phenoxy) is 1. The van der Waals surface area contributed by atoms with Crippen LogP contribution in [-0.2, 0) is 16.0 Å². The van der Waals surface area contributed by atoms with Crippen molar-refractivity contribution in [3.05, 3.63) is 101 Å². The highest BCUT2D eigenvalue weighted by Crippen LogP contribution is 2.42. The first-order chi connectivity index (χ1) is 15.9. The van der Waals surface area contributed by atoms with Crippen molar-refractivity contribution >= 4 is 23.1 Å². The number of hydrogen-bond donors (Lipinski definition) is 1. The maximum Gasteiger partial charge on any atom is 0.300 e. The molecule has 0 aromatic heterocycles. The summed E-state index contributed by atoms with van der Waals surface area (Å²) in [4.78, 5) is 27.9. The minimum Gasteiger partial charge on any atom is -0.507 e. The minimum absolute atomic E-state index is 0.0680. The van der Waals surface area contributed by atoms with Crippen LogP contribution in [0.25, 0.3) is 5.76 Å². The molecule has 5 heteroatoms. The van der Waals surface area contributed by atoms with Gasteiger partial charge in [-0.05, 0) is 55.7 Å². The Balaban J connectivity index is 1.91. The van der Waals surface area contributed by atoms with E-state index in [1.807, 2.05) is 81.4 Å². The van der Waals surface area contributed by atoms with E-state index in [2.05, 4.69) is 0 Å². The van der Waals surface area contributed by atoms with Crippen molar-refractivity contribution in [2.24, 2.45) is 0 Å². The number of nitrogens with zero attached hydrogens (tertiary/aromatic N) is 1. The number of hydrogen-bond acceptors (Lipinski definition) is 4. The van der Waals surface area contributed by atoms with Crippen LogP contribution in [0.3, 0.4) is 0 Å². The Hall–Kier alpha value is -3.86. The molecule has 33 heavy (non-hydrogen) atoms. The Labute approximate surface area is 193 Å². The van der Waals surface area contributed by atoms with E-state index in [1.54, 1.807) is 12.1 Å². The normalized spacial score (nSPS) is 17.4. The van der Waals surface area contributed by atoms with Crippen molar-refractivity contribution in [2.75, 3.05) is 11.5 Å². The van der Waals surface area contributed by atoms with Crippen LogP contribution >= 0.6 is 0 Å². The van der Waals surface area contributed by atoms with Crippen molar-refractivity contribution in [2.45, 2.75) is 33.2 Å². The molecule has 1 saturated heterocycles. The van der Waals surface area contributed by atoms with Crippen molar-refractivity contribution in [1.29, 1.82) is 0 Å². The average molecular weight is 442 g/mol. The molecule has 1 N–H and O–H groups in total. The molecular weight excluding hydrogens is 414 g/mol. The second kappa shape index (κ2) is 9.33. The zero-order valence-corrected chi connectivity index (χ0v) is 19.0. The van der Waals surface area contributed by atoms with Crippen LogP contribution in [0.4, 0.5) is 5.69 Å². The van der Waals surface area contributed by atoms with Gasteiger partial charge in [-0.25, -0.2) is 0 Å². The molecule has 3 aromatic carbocycles. The van der Waals surface area contributed by atoms with Gasteiger partial charge in [-0.1, -0.05) is 61.0 Å². The Morgan fingerprint density at radius 1 is 0.970 bits per heavy atom. The number of aryl methyl sites for hydroxylation is 2. The first-order valence-corrected chi connectivity index (χ1v) is 11.1. The molecule has 5 nitrogen and oxygen atoms in total. The minimum atomic E-state index is -0.779. The fourth-order valence-electron chi connectivity index (χ4n) is 4.11.